The molecule has 0 fully saturated rings. The Morgan fingerprint density at radius 2 is 2.38 bits per heavy atom. The minimum atomic E-state index is -0.213. The molecule has 0 atom stereocenters. The number of nitrogens with zero attached hydrogens (tertiary/aromatic N) is 1. The number of hydrogen-bond donors (Lipinski definition) is 0. The molecule has 82 valence electrons. The van der Waals surface area contributed by atoms with Gasteiger partial charge in [-0.2, -0.15) is 5.26 Å². The van der Waals surface area contributed by atoms with Crippen LogP contribution in [0.4, 0.5) is 0 Å². The Bertz CT molecular complexity index is 430. The molecule has 3 heteroatoms. The molecule has 0 aliphatic rings. The number of benzene rings is 1. The molecule has 0 aliphatic carbocycles. The van der Waals surface area contributed by atoms with Crippen molar-refractivity contribution >= 4 is 12.0 Å². The molecule has 1 aromatic carbocycles. The zero-order valence-electron chi connectivity index (χ0n) is 9.14. The van der Waals surface area contributed by atoms with Gasteiger partial charge in [-0.25, -0.2) is 0 Å². The standard InChI is InChI=1S/C13H13NO2/c1-16-13(15)8-3-2-5-11-6-4-7-12(9-11)10-14/h2,4-7,9H,3,8H2,1H3. The first-order valence-electron chi connectivity index (χ1n) is 5.00. The fourth-order valence-corrected chi connectivity index (χ4v) is 1.23. The van der Waals surface area contributed by atoms with Crippen molar-refractivity contribution in [2.24, 2.45) is 0 Å². The number of ether oxygens (including phenoxy) is 1. The largest absolute Gasteiger partial charge is 0.469 e. The second-order valence-corrected chi connectivity index (χ2v) is 3.25. The molecule has 1 rings (SSSR count). The van der Waals surface area contributed by atoms with E-state index in [2.05, 4.69) is 10.8 Å². The number of carbonyl (C=O) groups is 1. The van der Waals surface area contributed by atoms with Crippen molar-refractivity contribution in [1.29, 1.82) is 5.26 Å². The van der Waals surface area contributed by atoms with Crippen LogP contribution in [-0.4, -0.2) is 13.1 Å². The average molecular weight is 215 g/mol. The lowest BCUT2D eigenvalue weighted by Crippen LogP contribution is -1.97. The number of nitriles is 1. The third-order valence-corrected chi connectivity index (χ3v) is 2.07. The Labute approximate surface area is 95.0 Å². The van der Waals surface area contributed by atoms with Gasteiger partial charge < -0.3 is 4.74 Å². The molecule has 0 N–H and O–H groups in total. The molecular formula is C13H13NO2. The smallest absolute Gasteiger partial charge is 0.305 e. The molecule has 0 saturated carbocycles. The van der Waals surface area contributed by atoms with Crippen LogP contribution in [0.3, 0.4) is 0 Å². The maximum absolute atomic E-state index is 10.8. The van der Waals surface area contributed by atoms with Gasteiger partial charge in [-0.3, -0.25) is 4.79 Å². The minimum absolute atomic E-state index is 0.213. The Morgan fingerprint density at radius 1 is 1.56 bits per heavy atom. The van der Waals surface area contributed by atoms with Crippen LogP contribution in [0.5, 0.6) is 0 Å². The van der Waals surface area contributed by atoms with Gasteiger partial charge in [0.05, 0.1) is 18.7 Å². The monoisotopic (exact) mass is 215 g/mol. The summed E-state index contributed by atoms with van der Waals surface area (Å²) in [6, 6.07) is 9.38. The van der Waals surface area contributed by atoms with Crippen molar-refractivity contribution in [2.45, 2.75) is 12.8 Å². The summed E-state index contributed by atoms with van der Waals surface area (Å²) in [5.74, 6) is -0.213. The maximum atomic E-state index is 10.8. The van der Waals surface area contributed by atoms with Crippen LogP contribution in [0, 0.1) is 11.3 Å². The maximum Gasteiger partial charge on any atom is 0.305 e. The highest BCUT2D eigenvalue weighted by Crippen LogP contribution is 2.07. The number of methoxy groups -OCH3 is 1. The minimum Gasteiger partial charge on any atom is -0.469 e. The van der Waals surface area contributed by atoms with E-state index in [0.29, 0.717) is 18.4 Å². The lowest BCUT2D eigenvalue weighted by atomic mass is 10.1. The van der Waals surface area contributed by atoms with Crippen molar-refractivity contribution in [3.63, 3.8) is 0 Å². The fourth-order valence-electron chi connectivity index (χ4n) is 1.23. The van der Waals surface area contributed by atoms with Gasteiger partial charge in [0, 0.05) is 6.42 Å². The van der Waals surface area contributed by atoms with E-state index in [-0.39, 0.29) is 5.97 Å². The molecule has 1 aromatic rings. The zero-order valence-corrected chi connectivity index (χ0v) is 9.14. The summed E-state index contributed by atoms with van der Waals surface area (Å²) >= 11 is 0. The van der Waals surface area contributed by atoms with Gasteiger partial charge >= 0.3 is 5.97 Å². The molecule has 0 spiro atoms. The summed E-state index contributed by atoms with van der Waals surface area (Å²) < 4.78 is 4.52. The lowest BCUT2D eigenvalue weighted by molar-refractivity contribution is -0.140. The number of carbonyl (C=O) groups excluding carboxylic acids is 1. The predicted octanol–water partition coefficient (Wildman–Crippen LogP) is 2.52. The Morgan fingerprint density at radius 3 is 3.06 bits per heavy atom. The first kappa shape index (κ1) is 12.0. The molecule has 0 radical (unpaired) electrons. The molecule has 16 heavy (non-hydrogen) atoms. The normalized spacial score (nSPS) is 10.0. The number of allylic oxidation sites excluding steroid dienone is 1. The Hall–Kier alpha value is -2.08. The summed E-state index contributed by atoms with van der Waals surface area (Å²) in [6.07, 6.45) is 4.81. The Balaban J connectivity index is 2.50. The summed E-state index contributed by atoms with van der Waals surface area (Å²) in [6.45, 7) is 0. The number of esters is 1. The van der Waals surface area contributed by atoms with Crippen LogP contribution in [0.2, 0.25) is 0 Å². The number of rotatable bonds is 4. The van der Waals surface area contributed by atoms with Crippen molar-refractivity contribution < 1.29 is 9.53 Å². The molecule has 0 saturated heterocycles. The van der Waals surface area contributed by atoms with Gasteiger partial charge in [-0.05, 0) is 24.1 Å². The molecule has 3 nitrogen and oxygen atoms in total. The predicted molar refractivity (Wildman–Crippen MR) is 61.4 cm³/mol. The van der Waals surface area contributed by atoms with Gasteiger partial charge in [0.25, 0.3) is 0 Å². The highest BCUT2D eigenvalue weighted by molar-refractivity contribution is 5.69. The first-order valence-corrected chi connectivity index (χ1v) is 5.00. The highest BCUT2D eigenvalue weighted by atomic mass is 16.5. The third-order valence-electron chi connectivity index (χ3n) is 2.07. The summed E-state index contributed by atoms with van der Waals surface area (Å²) in [5.41, 5.74) is 1.60. The van der Waals surface area contributed by atoms with Gasteiger partial charge in [-0.1, -0.05) is 24.3 Å². The van der Waals surface area contributed by atoms with Crippen LogP contribution in [0.1, 0.15) is 24.0 Å². The Kier molecular flexibility index (Phi) is 4.81. The third kappa shape index (κ3) is 3.97. The average Bonchev–Trinajstić information content (AvgIpc) is 2.34. The molecule has 0 aliphatic heterocycles. The van der Waals surface area contributed by atoms with Crippen molar-refractivity contribution in [1.82, 2.24) is 0 Å². The lowest BCUT2D eigenvalue weighted by Gasteiger charge is -1.95. The van der Waals surface area contributed by atoms with Crippen LogP contribution in [0.25, 0.3) is 6.08 Å². The van der Waals surface area contributed by atoms with Gasteiger partial charge in [-0.15, -0.1) is 0 Å². The van der Waals surface area contributed by atoms with E-state index in [9.17, 15) is 4.79 Å². The first-order chi connectivity index (χ1) is 7.76. The van der Waals surface area contributed by atoms with Crippen LogP contribution < -0.4 is 0 Å². The molecule has 0 unspecified atom stereocenters. The van der Waals surface area contributed by atoms with Gasteiger partial charge in [0.2, 0.25) is 0 Å². The van der Waals surface area contributed by atoms with E-state index < -0.39 is 0 Å². The zero-order chi connectivity index (χ0) is 11.8. The van der Waals surface area contributed by atoms with E-state index in [0.717, 1.165) is 5.56 Å². The van der Waals surface area contributed by atoms with E-state index in [1.54, 1.807) is 12.1 Å². The molecule has 0 heterocycles. The van der Waals surface area contributed by atoms with E-state index in [4.69, 9.17) is 5.26 Å². The van der Waals surface area contributed by atoms with Gasteiger partial charge in [0.1, 0.15) is 0 Å². The molecule has 0 bridgehead atoms. The molecular weight excluding hydrogens is 202 g/mol. The fraction of sp³-hybridized carbons (Fsp3) is 0.231. The number of hydrogen-bond acceptors (Lipinski definition) is 3. The highest BCUT2D eigenvalue weighted by Gasteiger charge is 1.96. The summed E-state index contributed by atoms with van der Waals surface area (Å²) in [4.78, 5) is 10.8. The topological polar surface area (TPSA) is 50.1 Å². The van der Waals surface area contributed by atoms with E-state index in [1.165, 1.54) is 7.11 Å². The van der Waals surface area contributed by atoms with Crippen molar-refractivity contribution in [3.05, 3.63) is 41.5 Å². The molecule has 0 amide bonds. The van der Waals surface area contributed by atoms with E-state index in [1.807, 2.05) is 24.3 Å². The van der Waals surface area contributed by atoms with Gasteiger partial charge in [0.15, 0.2) is 0 Å². The second kappa shape index (κ2) is 6.41. The van der Waals surface area contributed by atoms with Crippen LogP contribution in [-0.2, 0) is 9.53 Å². The molecule has 0 aromatic heterocycles. The van der Waals surface area contributed by atoms with Crippen molar-refractivity contribution in [3.8, 4) is 6.07 Å². The van der Waals surface area contributed by atoms with E-state index >= 15 is 0 Å². The van der Waals surface area contributed by atoms with Crippen molar-refractivity contribution in [2.75, 3.05) is 7.11 Å². The second-order valence-electron chi connectivity index (χ2n) is 3.25. The SMILES string of the molecule is COC(=O)CCC=Cc1cccc(C#N)c1. The summed E-state index contributed by atoms with van der Waals surface area (Å²) in [5, 5.41) is 8.70. The van der Waals surface area contributed by atoms with Crippen LogP contribution in [0.15, 0.2) is 30.3 Å². The van der Waals surface area contributed by atoms with Crippen LogP contribution >= 0.6 is 0 Å². The summed E-state index contributed by atoms with van der Waals surface area (Å²) in [7, 11) is 1.38. The quantitative estimate of drug-likeness (QED) is 0.725.